The molecule has 3 atom stereocenters. The molecular formula is C26H47NO4. The summed E-state index contributed by atoms with van der Waals surface area (Å²) in [5.41, 5.74) is 0.132. The highest BCUT2D eigenvalue weighted by molar-refractivity contribution is 5.76. The summed E-state index contributed by atoms with van der Waals surface area (Å²) < 4.78 is 4.42. The van der Waals surface area contributed by atoms with Crippen LogP contribution in [0.3, 0.4) is 0 Å². The molecule has 0 aromatic rings. The fourth-order valence-electron chi connectivity index (χ4n) is 4.34. The van der Waals surface area contributed by atoms with Crippen molar-refractivity contribution in [2.75, 3.05) is 13.7 Å². The molecule has 0 aromatic carbocycles. The van der Waals surface area contributed by atoms with Crippen LogP contribution in [0.4, 0.5) is 0 Å². The van der Waals surface area contributed by atoms with Gasteiger partial charge in [-0.05, 0) is 83.6 Å². The minimum Gasteiger partial charge on any atom is -0.465 e. The number of hydrogen-bond acceptors (Lipinski definition) is 5. The van der Waals surface area contributed by atoms with Crippen molar-refractivity contribution in [1.82, 2.24) is 5.32 Å². The van der Waals surface area contributed by atoms with Crippen molar-refractivity contribution in [3.63, 3.8) is 0 Å². The molecule has 0 amide bonds. The van der Waals surface area contributed by atoms with E-state index in [1.807, 2.05) is 6.08 Å². The van der Waals surface area contributed by atoms with Gasteiger partial charge in [-0.3, -0.25) is 0 Å². The molecular weight excluding hydrogens is 390 g/mol. The quantitative estimate of drug-likeness (QED) is 0.152. The number of carbonyl (C=O) groups is 1. The van der Waals surface area contributed by atoms with Gasteiger partial charge in [0.15, 0.2) is 0 Å². The highest BCUT2D eigenvalue weighted by Crippen LogP contribution is 2.40. The molecule has 5 nitrogen and oxygen atoms in total. The first-order valence-electron chi connectivity index (χ1n) is 12.2. The van der Waals surface area contributed by atoms with Crippen LogP contribution in [0.25, 0.3) is 0 Å². The van der Waals surface area contributed by atoms with Crippen LogP contribution in [0.2, 0.25) is 0 Å². The number of allylic oxidation sites excluding steroid dienone is 4. The minimum absolute atomic E-state index is 0.0555. The van der Waals surface area contributed by atoms with Gasteiger partial charge in [0.05, 0.1) is 7.11 Å². The molecule has 0 aliphatic heterocycles. The van der Waals surface area contributed by atoms with E-state index in [1.165, 1.54) is 44.9 Å². The predicted molar refractivity (Wildman–Crippen MR) is 128 cm³/mol. The molecule has 1 saturated carbocycles. The van der Waals surface area contributed by atoms with E-state index in [0.29, 0.717) is 24.2 Å². The van der Waals surface area contributed by atoms with E-state index in [2.05, 4.69) is 56.0 Å². The summed E-state index contributed by atoms with van der Waals surface area (Å²) in [5.74, 6) is -1.56. The maximum absolute atomic E-state index is 11.3. The summed E-state index contributed by atoms with van der Waals surface area (Å²) in [7, 11) is 1.15. The fourth-order valence-corrected chi connectivity index (χ4v) is 4.34. The number of aliphatic hydroxyl groups is 2. The summed E-state index contributed by atoms with van der Waals surface area (Å²) in [4.78, 5) is 11.3. The number of hydrogen-bond donors (Lipinski definition) is 3. The normalized spacial score (nSPS) is 22.6. The van der Waals surface area contributed by atoms with E-state index in [9.17, 15) is 15.0 Å². The maximum atomic E-state index is 11.3. The molecule has 1 fully saturated rings. The van der Waals surface area contributed by atoms with Gasteiger partial charge in [-0.25, -0.2) is 4.79 Å². The molecule has 0 bridgehead atoms. The van der Waals surface area contributed by atoms with Crippen LogP contribution in [0.1, 0.15) is 91.9 Å². The van der Waals surface area contributed by atoms with Crippen LogP contribution in [0.15, 0.2) is 24.3 Å². The van der Waals surface area contributed by atoms with Gasteiger partial charge >= 0.3 is 5.97 Å². The monoisotopic (exact) mass is 437 g/mol. The second-order valence-corrected chi connectivity index (χ2v) is 10.1. The zero-order valence-corrected chi connectivity index (χ0v) is 20.5. The van der Waals surface area contributed by atoms with Gasteiger partial charge < -0.3 is 20.3 Å². The van der Waals surface area contributed by atoms with Crippen LogP contribution < -0.4 is 5.32 Å². The number of rotatable bonds is 14. The Kier molecular flexibility index (Phi) is 12.7. The van der Waals surface area contributed by atoms with Gasteiger partial charge in [-0.15, -0.1) is 0 Å². The number of methoxy groups -OCH3 is 1. The smallest absolute Gasteiger partial charge is 0.366 e. The third-order valence-electron chi connectivity index (χ3n) is 6.25. The Morgan fingerprint density at radius 1 is 1.03 bits per heavy atom. The topological polar surface area (TPSA) is 78.8 Å². The number of ether oxygens (including phenoxy) is 1. The zero-order valence-electron chi connectivity index (χ0n) is 20.5. The fraction of sp³-hybridized carbons (Fsp3) is 0.808. The molecule has 31 heavy (non-hydrogen) atoms. The molecule has 1 aliphatic rings. The van der Waals surface area contributed by atoms with Gasteiger partial charge in [-0.2, -0.15) is 0 Å². The van der Waals surface area contributed by atoms with Gasteiger partial charge in [-0.1, -0.05) is 50.5 Å². The summed E-state index contributed by atoms with van der Waals surface area (Å²) in [5, 5.41) is 23.1. The van der Waals surface area contributed by atoms with E-state index >= 15 is 0 Å². The van der Waals surface area contributed by atoms with Crippen LogP contribution in [-0.2, 0) is 9.53 Å². The third-order valence-corrected chi connectivity index (χ3v) is 6.25. The molecule has 0 radical (unpaired) electrons. The van der Waals surface area contributed by atoms with Crippen LogP contribution in [0, 0.1) is 17.8 Å². The predicted octanol–water partition coefficient (Wildman–Crippen LogP) is 5.12. The van der Waals surface area contributed by atoms with E-state index < -0.39 is 11.8 Å². The molecule has 3 N–H and O–H groups in total. The summed E-state index contributed by atoms with van der Waals surface area (Å²) >= 11 is 0. The second kappa shape index (κ2) is 14.1. The molecule has 0 spiro atoms. The molecule has 0 aromatic heterocycles. The van der Waals surface area contributed by atoms with E-state index in [0.717, 1.165) is 20.1 Å². The molecule has 5 heteroatoms. The van der Waals surface area contributed by atoms with Gasteiger partial charge in [0.1, 0.15) is 0 Å². The largest absolute Gasteiger partial charge is 0.465 e. The summed E-state index contributed by atoms with van der Waals surface area (Å²) in [6, 6.07) is 0. The first-order valence-corrected chi connectivity index (χ1v) is 12.2. The van der Waals surface area contributed by atoms with Crippen molar-refractivity contribution in [2.24, 2.45) is 17.8 Å². The first kappa shape index (κ1) is 27.9. The highest BCUT2D eigenvalue weighted by atomic mass is 16.6. The Morgan fingerprint density at radius 2 is 1.74 bits per heavy atom. The number of esters is 1. The summed E-state index contributed by atoms with van der Waals surface area (Å²) in [6.45, 7) is 9.95. The third kappa shape index (κ3) is 11.3. The lowest BCUT2D eigenvalue weighted by Crippen LogP contribution is -2.40. The van der Waals surface area contributed by atoms with Crippen molar-refractivity contribution < 1.29 is 19.7 Å². The Balaban J connectivity index is 2.60. The molecule has 1 aliphatic carbocycles. The lowest BCUT2D eigenvalue weighted by molar-refractivity contribution is -0.208. The lowest BCUT2D eigenvalue weighted by atomic mass is 9.86. The van der Waals surface area contributed by atoms with E-state index in [4.69, 9.17) is 0 Å². The molecule has 0 saturated heterocycles. The maximum Gasteiger partial charge on any atom is 0.366 e. The van der Waals surface area contributed by atoms with Gasteiger partial charge in [0.2, 0.25) is 0 Å². The second-order valence-electron chi connectivity index (χ2n) is 10.1. The lowest BCUT2D eigenvalue weighted by Gasteiger charge is -2.27. The van der Waals surface area contributed by atoms with Crippen molar-refractivity contribution >= 4 is 5.97 Å². The van der Waals surface area contributed by atoms with Crippen molar-refractivity contribution in [1.29, 1.82) is 0 Å². The van der Waals surface area contributed by atoms with Crippen LogP contribution >= 0.6 is 0 Å². The average Bonchev–Trinajstić information content (AvgIpc) is 3.09. The zero-order chi connectivity index (χ0) is 23.3. The molecule has 0 heterocycles. The van der Waals surface area contributed by atoms with Crippen molar-refractivity contribution in [2.45, 2.75) is 103 Å². The van der Waals surface area contributed by atoms with E-state index in [1.54, 1.807) is 0 Å². The standard InChI is InChI=1S/C26H47NO4/c1-6-7-8-9-10-13-16-23-21(17-18-22(23)20-27-25(2,3)4)15-12-11-14-19-26(29,30)24(28)31-5/h11-13,16,21-23,27,29-30H,6-10,14-15,17-20H2,1-5H3/b12-11-,16-13+/t21-,22-,23+/m0/s1. The number of nitrogens with one attached hydrogen (secondary N) is 1. The summed E-state index contributed by atoms with van der Waals surface area (Å²) in [6.07, 6.45) is 19.1. The highest BCUT2D eigenvalue weighted by Gasteiger charge is 2.34. The molecule has 1 rings (SSSR count). The average molecular weight is 438 g/mol. The van der Waals surface area contributed by atoms with Gasteiger partial charge in [0, 0.05) is 12.0 Å². The molecule has 0 unspecified atom stereocenters. The van der Waals surface area contributed by atoms with Crippen molar-refractivity contribution in [3.05, 3.63) is 24.3 Å². The number of carbonyl (C=O) groups excluding carboxylic acids is 1. The first-order chi connectivity index (χ1) is 14.6. The van der Waals surface area contributed by atoms with Crippen LogP contribution in [0.5, 0.6) is 0 Å². The number of unbranched alkanes of at least 4 members (excludes halogenated alkanes) is 4. The Morgan fingerprint density at radius 3 is 2.39 bits per heavy atom. The van der Waals surface area contributed by atoms with E-state index in [-0.39, 0.29) is 12.0 Å². The Labute approximate surface area is 190 Å². The SMILES string of the molecule is CCCCCC/C=C/[C@@H]1[C@@H](C/C=C\CCC(O)(O)C(=O)OC)CC[C@H]1CNC(C)(C)C. The minimum atomic E-state index is -2.40. The Bertz CT molecular complexity index is 562. The van der Waals surface area contributed by atoms with Crippen LogP contribution in [-0.4, -0.2) is 41.2 Å². The van der Waals surface area contributed by atoms with Crippen molar-refractivity contribution in [3.8, 4) is 0 Å². The van der Waals surface area contributed by atoms with Gasteiger partial charge in [0.25, 0.3) is 5.79 Å². The Hall–Kier alpha value is -1.17. The molecule has 180 valence electrons.